The largest absolute Gasteiger partial charge is 0.372 e. The quantitative estimate of drug-likeness (QED) is 0.769. The monoisotopic (exact) mass is 254 g/mol. The van der Waals surface area contributed by atoms with Gasteiger partial charge in [0.2, 0.25) is 5.91 Å². The fraction of sp³-hybridized carbons (Fsp3) is 0.929. The lowest BCUT2D eigenvalue weighted by molar-refractivity contribution is -0.149. The van der Waals surface area contributed by atoms with E-state index in [2.05, 4.69) is 6.92 Å². The Hall–Kier alpha value is -0.610. The van der Waals surface area contributed by atoms with Crippen LogP contribution in [-0.4, -0.2) is 42.1 Å². The van der Waals surface area contributed by atoms with Gasteiger partial charge in [-0.05, 0) is 39.0 Å². The molecule has 4 nitrogen and oxygen atoms in total. The second kappa shape index (κ2) is 5.57. The molecule has 0 spiro atoms. The second-order valence-electron chi connectivity index (χ2n) is 6.15. The van der Waals surface area contributed by atoms with E-state index in [4.69, 9.17) is 10.5 Å². The van der Waals surface area contributed by atoms with Gasteiger partial charge in [-0.2, -0.15) is 0 Å². The van der Waals surface area contributed by atoms with E-state index in [9.17, 15) is 4.79 Å². The van der Waals surface area contributed by atoms with E-state index in [0.717, 1.165) is 32.4 Å². The zero-order chi connectivity index (χ0) is 13.3. The lowest BCUT2D eigenvalue weighted by atomic mass is 9.78. The Bertz CT molecular complexity index is 298. The molecule has 1 saturated heterocycles. The standard InChI is InChI=1S/C14H26N2O2/c1-9-6-12(4-5-13(9)15)14(17)16-7-10(2)18-11(3)8-16/h9-13H,4-8,15H2,1-3H3. The van der Waals surface area contributed by atoms with Crippen LogP contribution in [0.3, 0.4) is 0 Å². The van der Waals surface area contributed by atoms with Gasteiger partial charge in [0.1, 0.15) is 0 Å². The Labute approximate surface area is 110 Å². The van der Waals surface area contributed by atoms with Gasteiger partial charge in [0.15, 0.2) is 0 Å². The van der Waals surface area contributed by atoms with Gasteiger partial charge in [-0.25, -0.2) is 0 Å². The summed E-state index contributed by atoms with van der Waals surface area (Å²) in [5, 5.41) is 0. The lowest BCUT2D eigenvalue weighted by Crippen LogP contribution is -2.51. The summed E-state index contributed by atoms with van der Waals surface area (Å²) < 4.78 is 5.68. The number of nitrogens with zero attached hydrogens (tertiary/aromatic N) is 1. The van der Waals surface area contributed by atoms with Crippen LogP contribution in [0.2, 0.25) is 0 Å². The van der Waals surface area contributed by atoms with Crippen LogP contribution >= 0.6 is 0 Å². The maximum absolute atomic E-state index is 12.5. The molecule has 1 aliphatic heterocycles. The molecule has 0 bridgehead atoms. The predicted molar refractivity (Wildman–Crippen MR) is 71.1 cm³/mol. The molecule has 1 heterocycles. The first kappa shape index (κ1) is 13.8. The third kappa shape index (κ3) is 3.04. The fourth-order valence-electron chi connectivity index (χ4n) is 3.26. The van der Waals surface area contributed by atoms with Crippen LogP contribution in [0, 0.1) is 11.8 Å². The van der Waals surface area contributed by atoms with Crippen molar-refractivity contribution < 1.29 is 9.53 Å². The summed E-state index contributed by atoms with van der Waals surface area (Å²) in [6.45, 7) is 7.71. The molecular formula is C14H26N2O2. The molecule has 5 unspecified atom stereocenters. The van der Waals surface area contributed by atoms with Gasteiger partial charge in [-0.15, -0.1) is 0 Å². The number of hydrogen-bond donors (Lipinski definition) is 1. The van der Waals surface area contributed by atoms with Crippen LogP contribution in [0.25, 0.3) is 0 Å². The first-order valence-corrected chi connectivity index (χ1v) is 7.17. The molecule has 0 aromatic heterocycles. The SMILES string of the molecule is CC1CN(C(=O)C2CCC(N)C(C)C2)CC(C)O1. The molecule has 5 atom stereocenters. The molecule has 1 saturated carbocycles. The van der Waals surface area contributed by atoms with E-state index >= 15 is 0 Å². The molecule has 4 heteroatoms. The molecule has 104 valence electrons. The summed E-state index contributed by atoms with van der Waals surface area (Å²) >= 11 is 0. The smallest absolute Gasteiger partial charge is 0.225 e. The van der Waals surface area contributed by atoms with Crippen molar-refractivity contribution in [2.45, 2.75) is 58.3 Å². The van der Waals surface area contributed by atoms with Gasteiger partial charge in [0, 0.05) is 25.0 Å². The fourth-order valence-corrected chi connectivity index (χ4v) is 3.26. The summed E-state index contributed by atoms with van der Waals surface area (Å²) in [4.78, 5) is 14.5. The van der Waals surface area contributed by atoms with Crippen LogP contribution in [0.4, 0.5) is 0 Å². The summed E-state index contributed by atoms with van der Waals surface area (Å²) in [7, 11) is 0. The highest BCUT2D eigenvalue weighted by atomic mass is 16.5. The highest BCUT2D eigenvalue weighted by Crippen LogP contribution is 2.30. The molecule has 2 aliphatic rings. The van der Waals surface area contributed by atoms with E-state index in [1.54, 1.807) is 0 Å². The maximum atomic E-state index is 12.5. The first-order chi connectivity index (χ1) is 8.47. The van der Waals surface area contributed by atoms with Gasteiger partial charge >= 0.3 is 0 Å². The van der Waals surface area contributed by atoms with Crippen LogP contribution in [0.15, 0.2) is 0 Å². The summed E-state index contributed by atoms with van der Waals surface area (Å²) in [5.74, 6) is 0.955. The Kier molecular flexibility index (Phi) is 4.28. The zero-order valence-corrected chi connectivity index (χ0v) is 11.8. The van der Waals surface area contributed by atoms with Gasteiger partial charge < -0.3 is 15.4 Å². The van der Waals surface area contributed by atoms with Crippen molar-refractivity contribution in [2.24, 2.45) is 17.6 Å². The van der Waals surface area contributed by atoms with Crippen molar-refractivity contribution >= 4 is 5.91 Å². The highest BCUT2D eigenvalue weighted by molar-refractivity contribution is 5.79. The minimum atomic E-state index is 0.154. The third-order valence-corrected chi connectivity index (χ3v) is 4.32. The normalized spacial score (nSPS) is 41.8. The number of hydrogen-bond acceptors (Lipinski definition) is 3. The minimum Gasteiger partial charge on any atom is -0.372 e. The number of amides is 1. The lowest BCUT2D eigenvalue weighted by Gasteiger charge is -2.39. The number of morpholine rings is 1. The van der Waals surface area contributed by atoms with Gasteiger partial charge in [-0.3, -0.25) is 4.79 Å². The van der Waals surface area contributed by atoms with E-state index in [0.29, 0.717) is 11.8 Å². The Balaban J connectivity index is 1.94. The Morgan fingerprint density at radius 2 is 1.78 bits per heavy atom. The van der Waals surface area contributed by atoms with E-state index in [-0.39, 0.29) is 24.2 Å². The van der Waals surface area contributed by atoms with E-state index < -0.39 is 0 Å². The zero-order valence-electron chi connectivity index (χ0n) is 11.8. The molecule has 2 fully saturated rings. The molecule has 2 N–H and O–H groups in total. The number of rotatable bonds is 1. The van der Waals surface area contributed by atoms with Crippen molar-refractivity contribution in [1.82, 2.24) is 4.90 Å². The van der Waals surface area contributed by atoms with Crippen molar-refractivity contribution in [3.63, 3.8) is 0 Å². The van der Waals surface area contributed by atoms with E-state index in [1.807, 2.05) is 18.7 Å². The Morgan fingerprint density at radius 1 is 1.17 bits per heavy atom. The number of nitrogens with two attached hydrogens (primary N) is 1. The molecule has 2 rings (SSSR count). The first-order valence-electron chi connectivity index (χ1n) is 7.17. The maximum Gasteiger partial charge on any atom is 0.225 e. The second-order valence-corrected chi connectivity index (χ2v) is 6.15. The molecule has 1 amide bonds. The van der Waals surface area contributed by atoms with Crippen molar-refractivity contribution in [2.75, 3.05) is 13.1 Å². The number of carbonyl (C=O) groups excluding carboxylic acids is 1. The highest BCUT2D eigenvalue weighted by Gasteiger charge is 2.34. The van der Waals surface area contributed by atoms with Gasteiger partial charge in [-0.1, -0.05) is 6.92 Å². The summed E-state index contributed by atoms with van der Waals surface area (Å²) in [6.07, 6.45) is 3.18. The molecule has 1 aliphatic carbocycles. The average Bonchev–Trinajstić information content (AvgIpc) is 2.30. The Morgan fingerprint density at radius 3 is 2.33 bits per heavy atom. The van der Waals surface area contributed by atoms with Crippen LogP contribution in [-0.2, 0) is 9.53 Å². The molecule has 0 aromatic carbocycles. The number of ether oxygens (including phenoxy) is 1. The third-order valence-electron chi connectivity index (χ3n) is 4.32. The van der Waals surface area contributed by atoms with Crippen molar-refractivity contribution in [3.05, 3.63) is 0 Å². The molecule has 18 heavy (non-hydrogen) atoms. The summed E-state index contributed by atoms with van der Waals surface area (Å²) in [6, 6.07) is 0.275. The van der Waals surface area contributed by atoms with Crippen LogP contribution < -0.4 is 5.73 Å². The summed E-state index contributed by atoms with van der Waals surface area (Å²) in [5.41, 5.74) is 6.02. The molecular weight excluding hydrogens is 228 g/mol. The van der Waals surface area contributed by atoms with Crippen molar-refractivity contribution in [3.8, 4) is 0 Å². The molecule has 0 aromatic rings. The van der Waals surface area contributed by atoms with Crippen LogP contribution in [0.1, 0.15) is 40.0 Å². The predicted octanol–water partition coefficient (Wildman–Crippen LogP) is 1.39. The van der Waals surface area contributed by atoms with Crippen molar-refractivity contribution in [1.29, 1.82) is 0 Å². The average molecular weight is 254 g/mol. The minimum absolute atomic E-state index is 0.154. The number of carbonyl (C=O) groups is 1. The van der Waals surface area contributed by atoms with Crippen LogP contribution in [0.5, 0.6) is 0 Å². The van der Waals surface area contributed by atoms with Gasteiger partial charge in [0.25, 0.3) is 0 Å². The topological polar surface area (TPSA) is 55.6 Å². The van der Waals surface area contributed by atoms with Gasteiger partial charge in [0.05, 0.1) is 12.2 Å². The van der Waals surface area contributed by atoms with E-state index in [1.165, 1.54) is 0 Å². The molecule has 0 radical (unpaired) electrons.